The van der Waals surface area contributed by atoms with Crippen LogP contribution >= 0.6 is 11.6 Å². The van der Waals surface area contributed by atoms with E-state index in [0.29, 0.717) is 28.8 Å². The Balaban J connectivity index is 1.92. The number of carbonyl (C=O) groups excluding carboxylic acids is 1. The van der Waals surface area contributed by atoms with E-state index < -0.39 is 21.8 Å². The highest BCUT2D eigenvalue weighted by atomic mass is 35.5. The van der Waals surface area contributed by atoms with E-state index in [-0.39, 0.29) is 35.4 Å². The lowest BCUT2D eigenvalue weighted by Crippen LogP contribution is -2.26. The topological polar surface area (TPSA) is 104 Å². The fraction of sp³-hybridized carbons (Fsp3) is 0.292. The Morgan fingerprint density at radius 1 is 1.14 bits per heavy atom. The van der Waals surface area contributed by atoms with E-state index in [9.17, 15) is 26.4 Å². The molecule has 2 N–H and O–H groups in total. The summed E-state index contributed by atoms with van der Waals surface area (Å²) in [4.78, 5) is 19.2. The van der Waals surface area contributed by atoms with E-state index in [4.69, 9.17) is 11.6 Å². The molecule has 0 saturated heterocycles. The number of carbonyl (C=O) groups is 1. The molecule has 198 valence electrons. The molecule has 1 amide bonds. The number of rotatable bonds is 8. The van der Waals surface area contributed by atoms with Gasteiger partial charge in [-0.3, -0.25) is 9.10 Å². The molecule has 3 aromatic rings. The third-order valence-corrected chi connectivity index (χ3v) is 6.92. The van der Waals surface area contributed by atoms with Crippen LogP contribution in [0, 0.1) is 6.92 Å². The number of aryl methyl sites for hydroxylation is 3. The van der Waals surface area contributed by atoms with E-state index in [1.807, 2.05) is 0 Å². The minimum absolute atomic E-state index is 0.0799. The highest BCUT2D eigenvalue weighted by Gasteiger charge is 2.35. The van der Waals surface area contributed by atoms with Crippen LogP contribution in [0.2, 0.25) is 5.02 Å². The van der Waals surface area contributed by atoms with Crippen molar-refractivity contribution in [3.05, 3.63) is 70.0 Å². The van der Waals surface area contributed by atoms with Crippen molar-refractivity contribution in [3.8, 4) is 0 Å². The molecule has 0 atom stereocenters. The van der Waals surface area contributed by atoms with E-state index in [1.54, 1.807) is 31.2 Å². The molecule has 0 aliphatic rings. The first-order chi connectivity index (χ1) is 17.1. The van der Waals surface area contributed by atoms with Crippen molar-refractivity contribution < 1.29 is 26.4 Å². The van der Waals surface area contributed by atoms with Crippen LogP contribution in [-0.4, -0.2) is 37.6 Å². The molecule has 1 heterocycles. The number of anilines is 4. The van der Waals surface area contributed by atoms with Crippen LogP contribution < -0.4 is 14.9 Å². The summed E-state index contributed by atoms with van der Waals surface area (Å²) in [7, 11) is -2.19. The zero-order valence-electron chi connectivity index (χ0n) is 20.4. The van der Waals surface area contributed by atoms with Gasteiger partial charge in [0.1, 0.15) is 0 Å². The van der Waals surface area contributed by atoms with Gasteiger partial charge >= 0.3 is 6.18 Å². The molecular formula is C24H25ClF3N5O3S. The predicted octanol–water partition coefficient (Wildman–Crippen LogP) is 5.34. The van der Waals surface area contributed by atoms with Gasteiger partial charge in [0, 0.05) is 25.9 Å². The summed E-state index contributed by atoms with van der Waals surface area (Å²) < 4.78 is 66.4. The summed E-state index contributed by atoms with van der Waals surface area (Å²) >= 11 is 6.17. The normalized spacial score (nSPS) is 11.8. The molecular weight excluding hydrogens is 531 g/mol. The number of amides is 1. The Morgan fingerprint density at radius 3 is 2.43 bits per heavy atom. The first kappa shape index (κ1) is 28.2. The maximum atomic E-state index is 13.7. The highest BCUT2D eigenvalue weighted by molar-refractivity contribution is 7.92. The Hall–Kier alpha value is -3.38. The Labute approximate surface area is 217 Å². The van der Waals surface area contributed by atoms with E-state index >= 15 is 0 Å². The largest absolute Gasteiger partial charge is 0.419 e. The molecule has 0 radical (unpaired) electrons. The summed E-state index contributed by atoms with van der Waals surface area (Å²) in [5.41, 5.74) is 1.29. The number of benzene rings is 2. The maximum absolute atomic E-state index is 13.7. The number of sulfonamides is 1. The zero-order chi connectivity index (χ0) is 27.5. The van der Waals surface area contributed by atoms with Crippen molar-refractivity contribution in [2.24, 2.45) is 0 Å². The third-order valence-electron chi connectivity index (χ3n) is 5.42. The third kappa shape index (κ3) is 7.32. The van der Waals surface area contributed by atoms with Gasteiger partial charge in [-0.1, -0.05) is 23.7 Å². The van der Waals surface area contributed by atoms with Gasteiger partial charge in [0.25, 0.3) is 0 Å². The highest BCUT2D eigenvalue weighted by Crippen LogP contribution is 2.33. The lowest BCUT2D eigenvalue weighted by molar-refractivity contribution is -0.138. The Kier molecular flexibility index (Phi) is 8.33. The SMILES string of the molecule is CC(=O)Nc1ccc(Nc2ncc(C(F)(F)F)c(CCc3ccc(C)cc3N(C)S(C)(=O)=O)n2)cc1Cl. The number of alkyl halides is 3. The summed E-state index contributed by atoms with van der Waals surface area (Å²) in [5, 5.41) is 5.60. The fourth-order valence-corrected chi connectivity index (χ4v) is 4.28. The van der Waals surface area contributed by atoms with E-state index in [2.05, 4.69) is 20.6 Å². The molecule has 1 aromatic heterocycles. The van der Waals surface area contributed by atoms with Crippen molar-refractivity contribution in [1.29, 1.82) is 0 Å². The molecule has 0 fully saturated rings. The second kappa shape index (κ2) is 10.9. The smallest absolute Gasteiger partial charge is 0.325 e. The second-order valence-electron chi connectivity index (χ2n) is 8.42. The Bertz CT molecular complexity index is 1430. The van der Waals surface area contributed by atoms with E-state index in [0.717, 1.165) is 16.1 Å². The summed E-state index contributed by atoms with van der Waals surface area (Å²) in [6.45, 7) is 3.13. The summed E-state index contributed by atoms with van der Waals surface area (Å²) in [5.74, 6) is -0.387. The number of halogens is 4. The van der Waals surface area contributed by atoms with Crippen LogP contribution in [0.15, 0.2) is 42.6 Å². The van der Waals surface area contributed by atoms with Crippen LogP contribution in [-0.2, 0) is 33.8 Å². The lowest BCUT2D eigenvalue weighted by Gasteiger charge is -2.21. The second-order valence-corrected chi connectivity index (χ2v) is 10.8. The van der Waals surface area contributed by atoms with Gasteiger partial charge in [-0.25, -0.2) is 18.4 Å². The van der Waals surface area contributed by atoms with Crippen LogP contribution in [0.1, 0.15) is 29.3 Å². The molecule has 0 aliphatic heterocycles. The van der Waals surface area contributed by atoms with Crippen molar-refractivity contribution in [3.63, 3.8) is 0 Å². The standard InChI is InChI=1S/C24H25ClF3N5O3S/c1-14-5-6-16(22(11-14)33(3)37(4,35)36)7-9-20-18(24(26,27)28)13-29-23(32-20)31-17-8-10-21(19(25)12-17)30-15(2)34/h5-6,8,10-13H,7,9H2,1-4H3,(H,30,34)(H,29,31,32). The first-order valence-electron chi connectivity index (χ1n) is 11.0. The predicted molar refractivity (Wildman–Crippen MR) is 138 cm³/mol. The number of aromatic nitrogens is 2. The summed E-state index contributed by atoms with van der Waals surface area (Å²) in [6.07, 6.45) is -2.94. The summed E-state index contributed by atoms with van der Waals surface area (Å²) in [6, 6.07) is 9.71. The molecule has 2 aromatic carbocycles. The molecule has 13 heteroatoms. The lowest BCUT2D eigenvalue weighted by atomic mass is 10.0. The number of hydrogen-bond acceptors (Lipinski definition) is 6. The minimum atomic E-state index is -4.68. The molecule has 3 rings (SSSR count). The number of nitrogens with one attached hydrogen (secondary N) is 2. The van der Waals surface area contributed by atoms with Crippen LogP contribution in [0.4, 0.5) is 36.2 Å². The Morgan fingerprint density at radius 2 is 1.84 bits per heavy atom. The van der Waals surface area contributed by atoms with Gasteiger partial charge in [0.2, 0.25) is 21.9 Å². The molecule has 8 nitrogen and oxygen atoms in total. The first-order valence-corrected chi connectivity index (χ1v) is 13.2. The average Bonchev–Trinajstić information content (AvgIpc) is 2.78. The van der Waals surface area contributed by atoms with Crippen LogP contribution in [0.3, 0.4) is 0 Å². The van der Waals surface area contributed by atoms with Gasteiger partial charge < -0.3 is 10.6 Å². The van der Waals surface area contributed by atoms with E-state index in [1.165, 1.54) is 26.1 Å². The van der Waals surface area contributed by atoms with Crippen molar-refractivity contribution in [2.75, 3.05) is 28.2 Å². The fourth-order valence-electron chi connectivity index (χ4n) is 3.53. The molecule has 0 unspecified atom stereocenters. The van der Waals surface area contributed by atoms with Gasteiger partial charge in [-0.05, 0) is 55.2 Å². The quantitative estimate of drug-likeness (QED) is 0.389. The molecule has 0 saturated carbocycles. The van der Waals surface area contributed by atoms with Crippen LogP contribution in [0.25, 0.3) is 0 Å². The monoisotopic (exact) mass is 555 g/mol. The number of hydrogen-bond donors (Lipinski definition) is 2. The zero-order valence-corrected chi connectivity index (χ0v) is 22.0. The average molecular weight is 556 g/mol. The molecule has 37 heavy (non-hydrogen) atoms. The molecule has 0 spiro atoms. The minimum Gasteiger partial charge on any atom is -0.325 e. The number of nitrogens with zero attached hydrogens (tertiary/aromatic N) is 3. The van der Waals surface area contributed by atoms with Gasteiger partial charge in [0.15, 0.2) is 0 Å². The molecule has 0 bridgehead atoms. The van der Waals surface area contributed by atoms with Crippen molar-refractivity contribution >= 4 is 50.5 Å². The molecule has 0 aliphatic carbocycles. The van der Waals surface area contributed by atoms with Crippen molar-refractivity contribution in [1.82, 2.24) is 9.97 Å². The van der Waals surface area contributed by atoms with Gasteiger partial charge in [-0.15, -0.1) is 0 Å². The van der Waals surface area contributed by atoms with Crippen molar-refractivity contribution in [2.45, 2.75) is 32.9 Å². The van der Waals surface area contributed by atoms with Gasteiger partial charge in [0.05, 0.1) is 33.9 Å². The van der Waals surface area contributed by atoms with Gasteiger partial charge in [-0.2, -0.15) is 13.2 Å². The van der Waals surface area contributed by atoms with Crippen LogP contribution in [0.5, 0.6) is 0 Å². The maximum Gasteiger partial charge on any atom is 0.419 e.